The average molecular weight is 389 g/mol. The van der Waals surface area contributed by atoms with Crippen LogP contribution in [0.5, 0.6) is 0 Å². The summed E-state index contributed by atoms with van der Waals surface area (Å²) in [4.78, 5) is 25.3. The maximum absolute atomic E-state index is 12.7. The number of carbonyl (C=O) groups excluding carboxylic acids is 1. The number of para-hydroxylation sites is 1. The van der Waals surface area contributed by atoms with E-state index in [-0.39, 0.29) is 11.5 Å². The van der Waals surface area contributed by atoms with Crippen LogP contribution in [0.25, 0.3) is 16.6 Å². The number of benzene rings is 1. The van der Waals surface area contributed by atoms with E-state index in [2.05, 4.69) is 10.4 Å². The second-order valence-corrected chi connectivity index (χ2v) is 6.87. The van der Waals surface area contributed by atoms with Gasteiger partial charge < -0.3 is 14.5 Å². The van der Waals surface area contributed by atoms with Crippen LogP contribution >= 0.6 is 0 Å². The van der Waals surface area contributed by atoms with Gasteiger partial charge in [-0.1, -0.05) is 18.2 Å². The summed E-state index contributed by atoms with van der Waals surface area (Å²) in [6.45, 7) is 5.37. The fourth-order valence-corrected chi connectivity index (χ4v) is 3.53. The van der Waals surface area contributed by atoms with E-state index in [1.807, 2.05) is 67.1 Å². The van der Waals surface area contributed by atoms with Crippen LogP contribution in [0.3, 0.4) is 0 Å². The summed E-state index contributed by atoms with van der Waals surface area (Å²) in [5.74, 6) is -0.198. The van der Waals surface area contributed by atoms with Crippen molar-refractivity contribution in [2.45, 2.75) is 26.9 Å². The monoisotopic (exact) mass is 389 g/mol. The first-order valence-electron chi connectivity index (χ1n) is 9.66. The molecule has 4 aromatic rings. The maximum Gasteiger partial charge on any atom is 0.275 e. The largest absolute Gasteiger partial charge is 0.350 e. The lowest BCUT2D eigenvalue weighted by Gasteiger charge is -2.09. The molecule has 0 spiro atoms. The van der Waals surface area contributed by atoms with Crippen LogP contribution in [0.4, 0.5) is 0 Å². The number of rotatable bonds is 6. The van der Waals surface area contributed by atoms with Crippen molar-refractivity contribution in [3.63, 3.8) is 0 Å². The minimum absolute atomic E-state index is 0.0447. The Labute approximate surface area is 168 Å². The van der Waals surface area contributed by atoms with Crippen molar-refractivity contribution >= 4 is 16.8 Å². The molecule has 0 saturated carbocycles. The first-order valence-corrected chi connectivity index (χ1v) is 9.66. The van der Waals surface area contributed by atoms with Crippen LogP contribution in [0.1, 0.15) is 23.0 Å². The van der Waals surface area contributed by atoms with Gasteiger partial charge in [-0.05, 0) is 38.1 Å². The molecule has 1 aromatic carbocycles. The number of hydrogen-bond donors (Lipinski definition) is 1. The third kappa shape index (κ3) is 3.47. The van der Waals surface area contributed by atoms with Gasteiger partial charge in [-0.3, -0.25) is 9.59 Å². The fraction of sp³-hybridized carbons (Fsp3) is 0.227. The van der Waals surface area contributed by atoms with E-state index >= 15 is 0 Å². The summed E-state index contributed by atoms with van der Waals surface area (Å²) in [7, 11) is 0. The van der Waals surface area contributed by atoms with Crippen molar-refractivity contribution in [2.75, 3.05) is 6.54 Å². The van der Waals surface area contributed by atoms with Crippen molar-refractivity contribution in [3.05, 3.63) is 82.7 Å². The quantitative estimate of drug-likeness (QED) is 0.551. The minimum Gasteiger partial charge on any atom is -0.350 e. The highest BCUT2D eigenvalue weighted by Gasteiger charge is 2.15. The highest BCUT2D eigenvalue weighted by atomic mass is 16.2. The van der Waals surface area contributed by atoms with Gasteiger partial charge in [-0.15, -0.1) is 0 Å². The second-order valence-electron chi connectivity index (χ2n) is 6.87. The van der Waals surface area contributed by atoms with E-state index in [9.17, 15) is 9.59 Å². The summed E-state index contributed by atoms with van der Waals surface area (Å²) in [5.41, 5.74) is 2.85. The highest BCUT2D eigenvalue weighted by Crippen LogP contribution is 2.14. The number of aromatic nitrogens is 4. The smallest absolute Gasteiger partial charge is 0.275 e. The molecule has 29 heavy (non-hydrogen) atoms. The Morgan fingerprint density at radius 3 is 2.52 bits per heavy atom. The summed E-state index contributed by atoms with van der Waals surface area (Å²) < 4.78 is 5.31. The molecular formula is C22H23N5O2. The van der Waals surface area contributed by atoms with Crippen molar-refractivity contribution in [3.8, 4) is 5.69 Å². The Kier molecular flexibility index (Phi) is 5.03. The number of nitrogens with one attached hydrogen (secondary N) is 1. The number of pyridine rings is 1. The van der Waals surface area contributed by atoms with Crippen LogP contribution < -0.4 is 10.9 Å². The summed E-state index contributed by atoms with van der Waals surface area (Å²) in [6, 6.07) is 13.6. The van der Waals surface area contributed by atoms with Gasteiger partial charge in [-0.2, -0.15) is 5.10 Å². The summed E-state index contributed by atoms with van der Waals surface area (Å²) in [5, 5.41) is 8.16. The standard InChI is InChI=1S/C22H23N5O2/c1-3-25-12-9-17-10-13-26(22(29)20(17)25)14-11-23-21(28)19-15-24-27(16(19)2)18-7-5-4-6-8-18/h4-10,12-13,15H,3,11,14H2,1-2H3,(H,23,28). The molecular weight excluding hydrogens is 366 g/mol. The van der Waals surface area contributed by atoms with Crippen molar-refractivity contribution in [1.29, 1.82) is 0 Å². The Balaban J connectivity index is 1.46. The molecule has 0 aliphatic rings. The van der Waals surface area contributed by atoms with Crippen molar-refractivity contribution in [1.82, 2.24) is 24.2 Å². The van der Waals surface area contributed by atoms with Gasteiger partial charge in [0.25, 0.3) is 11.5 Å². The minimum atomic E-state index is -0.198. The highest BCUT2D eigenvalue weighted by molar-refractivity contribution is 5.95. The lowest BCUT2D eigenvalue weighted by Crippen LogP contribution is -2.31. The van der Waals surface area contributed by atoms with Crippen LogP contribution in [-0.2, 0) is 13.1 Å². The molecule has 1 N–H and O–H groups in total. The molecule has 0 fully saturated rings. The number of amides is 1. The fourth-order valence-electron chi connectivity index (χ4n) is 3.53. The molecule has 0 saturated heterocycles. The maximum atomic E-state index is 12.7. The Morgan fingerprint density at radius 2 is 1.79 bits per heavy atom. The van der Waals surface area contributed by atoms with E-state index in [0.717, 1.165) is 23.3 Å². The van der Waals surface area contributed by atoms with Gasteiger partial charge in [0, 0.05) is 37.4 Å². The number of carbonyl (C=O) groups is 1. The lowest BCUT2D eigenvalue weighted by atomic mass is 10.2. The van der Waals surface area contributed by atoms with Crippen molar-refractivity contribution in [2.24, 2.45) is 0 Å². The van der Waals surface area contributed by atoms with Crippen LogP contribution in [-0.4, -0.2) is 31.4 Å². The van der Waals surface area contributed by atoms with Gasteiger partial charge in [0.05, 0.1) is 23.1 Å². The zero-order valence-corrected chi connectivity index (χ0v) is 16.5. The molecule has 0 bridgehead atoms. The van der Waals surface area contributed by atoms with E-state index < -0.39 is 0 Å². The molecule has 0 radical (unpaired) electrons. The zero-order chi connectivity index (χ0) is 20.4. The zero-order valence-electron chi connectivity index (χ0n) is 16.5. The van der Waals surface area contributed by atoms with Gasteiger partial charge in [0.1, 0.15) is 5.52 Å². The number of fused-ring (bicyclic) bond motifs is 1. The Morgan fingerprint density at radius 1 is 1.07 bits per heavy atom. The number of aryl methyl sites for hydroxylation is 1. The normalized spacial score (nSPS) is 11.1. The number of nitrogens with zero attached hydrogens (tertiary/aromatic N) is 4. The molecule has 0 atom stereocenters. The molecule has 148 valence electrons. The van der Waals surface area contributed by atoms with Gasteiger partial charge in [0.2, 0.25) is 0 Å². The number of hydrogen-bond acceptors (Lipinski definition) is 3. The third-order valence-corrected chi connectivity index (χ3v) is 5.13. The van der Waals surface area contributed by atoms with E-state index in [1.54, 1.807) is 21.6 Å². The molecule has 0 aliphatic heterocycles. The molecule has 1 amide bonds. The lowest BCUT2D eigenvalue weighted by molar-refractivity contribution is 0.0951. The van der Waals surface area contributed by atoms with Crippen LogP contribution in [0, 0.1) is 6.92 Å². The van der Waals surface area contributed by atoms with Gasteiger partial charge >= 0.3 is 0 Å². The Hall–Kier alpha value is -3.61. The summed E-state index contributed by atoms with van der Waals surface area (Å²) >= 11 is 0. The third-order valence-electron chi connectivity index (χ3n) is 5.13. The molecule has 3 aromatic heterocycles. The predicted molar refractivity (Wildman–Crippen MR) is 113 cm³/mol. The Bertz CT molecular complexity index is 1220. The predicted octanol–water partition coefficient (Wildman–Crippen LogP) is 2.75. The first kappa shape index (κ1) is 18.7. The molecule has 3 heterocycles. The average Bonchev–Trinajstić information content (AvgIpc) is 3.34. The van der Waals surface area contributed by atoms with Gasteiger partial charge in [0.15, 0.2) is 0 Å². The van der Waals surface area contributed by atoms with Gasteiger partial charge in [-0.25, -0.2) is 4.68 Å². The van der Waals surface area contributed by atoms with Crippen LogP contribution in [0.2, 0.25) is 0 Å². The first-order chi connectivity index (χ1) is 14.1. The molecule has 7 nitrogen and oxygen atoms in total. The van der Waals surface area contributed by atoms with E-state index in [4.69, 9.17) is 0 Å². The molecule has 4 rings (SSSR count). The SMILES string of the molecule is CCn1ccc2ccn(CCNC(=O)c3cnn(-c4ccccc4)c3C)c(=O)c21. The topological polar surface area (TPSA) is 73.8 Å². The molecule has 0 aliphatic carbocycles. The van der Waals surface area contributed by atoms with Crippen molar-refractivity contribution < 1.29 is 4.79 Å². The molecule has 0 unspecified atom stereocenters. The molecule has 7 heteroatoms. The van der Waals surface area contributed by atoms with E-state index in [1.165, 1.54) is 0 Å². The van der Waals surface area contributed by atoms with E-state index in [0.29, 0.717) is 24.2 Å². The van der Waals surface area contributed by atoms with Crippen LogP contribution in [0.15, 0.2) is 65.8 Å². The second kappa shape index (κ2) is 7.79. The summed E-state index contributed by atoms with van der Waals surface area (Å²) in [6.07, 6.45) is 5.27.